The number of hydrogen-bond donors (Lipinski definition) is 2. The quantitative estimate of drug-likeness (QED) is 0.884. The van der Waals surface area contributed by atoms with Crippen LogP contribution in [0.25, 0.3) is 10.2 Å². The van der Waals surface area contributed by atoms with E-state index >= 15 is 0 Å². The maximum atomic E-state index is 10.9. The second-order valence-corrected chi connectivity index (χ2v) is 4.78. The molecular formula is C10H10ClN3OS. The van der Waals surface area contributed by atoms with Crippen LogP contribution in [0.15, 0.2) is 18.2 Å². The number of carbonyl (C=O) groups is 1. The Bertz CT molecular complexity index is 540. The molecule has 3 N–H and O–H groups in total. The monoisotopic (exact) mass is 255 g/mol. The number of thiazole rings is 1. The van der Waals surface area contributed by atoms with Crippen LogP contribution in [0.3, 0.4) is 0 Å². The first-order valence-electron chi connectivity index (χ1n) is 4.69. The highest BCUT2D eigenvalue weighted by Gasteiger charge is 2.12. The third kappa shape index (κ3) is 2.10. The van der Waals surface area contributed by atoms with Gasteiger partial charge in [-0.15, -0.1) is 0 Å². The number of amides is 1. The Labute approximate surface area is 101 Å². The van der Waals surface area contributed by atoms with Crippen molar-refractivity contribution in [3.05, 3.63) is 23.2 Å². The summed E-state index contributed by atoms with van der Waals surface area (Å²) >= 11 is 7.43. The van der Waals surface area contributed by atoms with Gasteiger partial charge < -0.3 is 11.1 Å². The fourth-order valence-corrected chi connectivity index (χ4v) is 2.48. The molecule has 2 rings (SSSR count). The maximum absolute atomic E-state index is 10.9. The molecule has 1 aromatic carbocycles. The molecule has 0 radical (unpaired) electrons. The van der Waals surface area contributed by atoms with E-state index in [-0.39, 0.29) is 0 Å². The number of anilines is 1. The molecule has 16 heavy (non-hydrogen) atoms. The van der Waals surface area contributed by atoms with Crippen LogP contribution >= 0.6 is 22.9 Å². The van der Waals surface area contributed by atoms with E-state index in [2.05, 4.69) is 10.3 Å². The molecule has 1 aromatic heterocycles. The molecule has 1 atom stereocenters. The molecule has 0 bridgehead atoms. The third-order valence-electron chi connectivity index (χ3n) is 2.13. The minimum absolute atomic E-state index is 0.412. The summed E-state index contributed by atoms with van der Waals surface area (Å²) < 4.78 is 0.906. The van der Waals surface area contributed by atoms with E-state index in [1.54, 1.807) is 6.92 Å². The van der Waals surface area contributed by atoms with Gasteiger partial charge in [0.1, 0.15) is 6.04 Å². The summed E-state index contributed by atoms with van der Waals surface area (Å²) in [5, 5.41) is 4.24. The van der Waals surface area contributed by atoms with Gasteiger partial charge in [0.2, 0.25) is 5.91 Å². The first-order valence-corrected chi connectivity index (χ1v) is 5.88. The van der Waals surface area contributed by atoms with Crippen LogP contribution in [-0.2, 0) is 4.79 Å². The summed E-state index contributed by atoms with van der Waals surface area (Å²) in [5.74, 6) is -0.412. The zero-order valence-electron chi connectivity index (χ0n) is 8.53. The molecule has 0 fully saturated rings. The van der Waals surface area contributed by atoms with Crippen molar-refractivity contribution < 1.29 is 4.79 Å². The topological polar surface area (TPSA) is 68.0 Å². The Kier molecular flexibility index (Phi) is 2.98. The van der Waals surface area contributed by atoms with E-state index in [0.29, 0.717) is 10.2 Å². The van der Waals surface area contributed by atoms with E-state index in [9.17, 15) is 4.79 Å². The SMILES string of the molecule is CC(Nc1nc2cccc(Cl)c2s1)C(N)=O. The van der Waals surface area contributed by atoms with Crippen LogP contribution in [0.2, 0.25) is 5.02 Å². The number of hydrogen-bond acceptors (Lipinski definition) is 4. The first kappa shape index (κ1) is 11.2. The highest BCUT2D eigenvalue weighted by molar-refractivity contribution is 7.22. The molecule has 0 aliphatic rings. The van der Waals surface area contributed by atoms with E-state index in [1.165, 1.54) is 11.3 Å². The lowest BCUT2D eigenvalue weighted by Crippen LogP contribution is -2.32. The smallest absolute Gasteiger partial charge is 0.239 e. The standard InChI is InChI=1S/C10H10ClN3OS/c1-5(9(12)15)13-10-14-7-4-2-3-6(11)8(7)16-10/h2-5H,1H3,(H2,12,15)(H,13,14). The number of aromatic nitrogens is 1. The average Bonchev–Trinajstić information content (AvgIpc) is 2.61. The third-order valence-corrected chi connectivity index (χ3v) is 3.60. The highest BCUT2D eigenvalue weighted by atomic mass is 35.5. The van der Waals surface area contributed by atoms with Crippen molar-refractivity contribution in [2.45, 2.75) is 13.0 Å². The van der Waals surface area contributed by atoms with Crippen LogP contribution in [-0.4, -0.2) is 16.9 Å². The van der Waals surface area contributed by atoms with Gasteiger partial charge in [-0.25, -0.2) is 4.98 Å². The second kappa shape index (κ2) is 4.27. The van der Waals surface area contributed by atoms with Crippen molar-refractivity contribution in [2.75, 3.05) is 5.32 Å². The number of fused-ring (bicyclic) bond motifs is 1. The minimum Gasteiger partial charge on any atom is -0.368 e. The van der Waals surface area contributed by atoms with E-state index < -0.39 is 11.9 Å². The molecule has 0 saturated heterocycles. The number of nitrogens with two attached hydrogens (primary N) is 1. The van der Waals surface area contributed by atoms with Gasteiger partial charge in [0.25, 0.3) is 0 Å². The van der Waals surface area contributed by atoms with Gasteiger partial charge in [0, 0.05) is 0 Å². The summed E-state index contributed by atoms with van der Waals surface area (Å²) in [6, 6.07) is 5.08. The van der Waals surface area contributed by atoms with Gasteiger partial charge in [-0.05, 0) is 19.1 Å². The largest absolute Gasteiger partial charge is 0.368 e. The second-order valence-electron chi connectivity index (χ2n) is 3.38. The fraction of sp³-hybridized carbons (Fsp3) is 0.200. The van der Waals surface area contributed by atoms with Gasteiger partial charge in [-0.3, -0.25) is 4.79 Å². The van der Waals surface area contributed by atoms with E-state index in [0.717, 1.165) is 10.2 Å². The number of primary amides is 1. The van der Waals surface area contributed by atoms with Crippen LogP contribution in [0.4, 0.5) is 5.13 Å². The number of rotatable bonds is 3. The van der Waals surface area contributed by atoms with Crippen molar-refractivity contribution >= 4 is 44.2 Å². The highest BCUT2D eigenvalue weighted by Crippen LogP contribution is 2.31. The van der Waals surface area contributed by atoms with Gasteiger partial charge >= 0.3 is 0 Å². The normalized spacial score (nSPS) is 12.6. The predicted molar refractivity (Wildman–Crippen MR) is 66.9 cm³/mol. The number of nitrogens with one attached hydrogen (secondary N) is 1. The minimum atomic E-state index is -0.445. The number of nitrogens with zero attached hydrogens (tertiary/aromatic N) is 1. The lowest BCUT2D eigenvalue weighted by Gasteiger charge is -2.06. The van der Waals surface area contributed by atoms with E-state index in [1.807, 2.05) is 18.2 Å². The van der Waals surface area contributed by atoms with Gasteiger partial charge in [0.15, 0.2) is 5.13 Å². The zero-order chi connectivity index (χ0) is 11.7. The fourth-order valence-electron chi connectivity index (χ4n) is 1.23. The van der Waals surface area contributed by atoms with Crippen LogP contribution in [0, 0.1) is 0 Å². The molecule has 0 spiro atoms. The Hall–Kier alpha value is -1.33. The number of halogens is 1. The van der Waals surface area contributed by atoms with Crippen LogP contribution in [0.1, 0.15) is 6.92 Å². The Morgan fingerprint density at radius 2 is 2.38 bits per heavy atom. The van der Waals surface area contributed by atoms with Crippen LogP contribution < -0.4 is 11.1 Å². The zero-order valence-corrected chi connectivity index (χ0v) is 10.1. The Balaban J connectivity index is 2.33. The lowest BCUT2D eigenvalue weighted by molar-refractivity contribution is -0.118. The molecule has 1 amide bonds. The van der Waals surface area contributed by atoms with Crippen molar-refractivity contribution in [1.29, 1.82) is 0 Å². The van der Waals surface area contributed by atoms with E-state index in [4.69, 9.17) is 17.3 Å². The summed E-state index contributed by atoms with van der Waals surface area (Å²) in [4.78, 5) is 15.2. The molecule has 0 aliphatic carbocycles. The molecule has 0 saturated carbocycles. The summed E-state index contributed by atoms with van der Waals surface area (Å²) in [6.07, 6.45) is 0. The molecule has 1 heterocycles. The average molecular weight is 256 g/mol. The molecule has 84 valence electrons. The van der Waals surface area contributed by atoms with Gasteiger partial charge in [-0.1, -0.05) is 29.0 Å². The lowest BCUT2D eigenvalue weighted by atomic mass is 10.3. The maximum Gasteiger partial charge on any atom is 0.239 e. The van der Waals surface area contributed by atoms with Crippen LogP contribution in [0.5, 0.6) is 0 Å². The Morgan fingerprint density at radius 1 is 1.62 bits per heavy atom. The summed E-state index contributed by atoms with van der Waals surface area (Å²) in [6.45, 7) is 1.69. The van der Waals surface area contributed by atoms with Crippen molar-refractivity contribution in [3.8, 4) is 0 Å². The molecular weight excluding hydrogens is 246 g/mol. The predicted octanol–water partition coefficient (Wildman–Crippen LogP) is 2.24. The molecule has 2 aromatic rings. The molecule has 0 aliphatic heterocycles. The summed E-state index contributed by atoms with van der Waals surface area (Å²) in [7, 11) is 0. The van der Waals surface area contributed by atoms with Gasteiger partial charge in [0.05, 0.1) is 15.2 Å². The summed E-state index contributed by atoms with van der Waals surface area (Å²) in [5.41, 5.74) is 5.97. The Morgan fingerprint density at radius 3 is 3.00 bits per heavy atom. The molecule has 1 unspecified atom stereocenters. The van der Waals surface area contributed by atoms with Crippen molar-refractivity contribution in [1.82, 2.24) is 4.98 Å². The van der Waals surface area contributed by atoms with Crippen molar-refractivity contribution in [3.63, 3.8) is 0 Å². The number of carbonyl (C=O) groups excluding carboxylic acids is 1. The first-order chi connectivity index (χ1) is 7.58. The molecule has 4 nitrogen and oxygen atoms in total. The number of benzene rings is 1. The van der Waals surface area contributed by atoms with Gasteiger partial charge in [-0.2, -0.15) is 0 Å². The molecule has 6 heteroatoms. The van der Waals surface area contributed by atoms with Crippen molar-refractivity contribution in [2.24, 2.45) is 5.73 Å².